The van der Waals surface area contributed by atoms with E-state index in [1.165, 1.54) is 19.9 Å². The normalized spacial score (nSPS) is 13.1. The molecule has 0 aliphatic heterocycles. The van der Waals surface area contributed by atoms with Crippen molar-refractivity contribution in [3.63, 3.8) is 0 Å². The van der Waals surface area contributed by atoms with E-state index < -0.39 is 29.4 Å². The van der Waals surface area contributed by atoms with E-state index in [2.05, 4.69) is 10.2 Å². The Morgan fingerprint density at radius 2 is 1.77 bits per heavy atom. The number of fused-ring (bicyclic) bond motifs is 1. The van der Waals surface area contributed by atoms with Crippen LogP contribution < -0.4 is 4.74 Å². The predicted octanol–water partition coefficient (Wildman–Crippen LogP) is 6.13. The Kier molecular flexibility index (Phi) is 6.53. The molecule has 6 nitrogen and oxygen atoms in total. The van der Waals surface area contributed by atoms with Gasteiger partial charge >= 0.3 is 12.1 Å². The van der Waals surface area contributed by atoms with Gasteiger partial charge in [-0.05, 0) is 60.9 Å². The lowest BCUT2D eigenvalue weighted by atomic mass is 9.99. The van der Waals surface area contributed by atoms with Crippen molar-refractivity contribution >= 4 is 16.9 Å². The lowest BCUT2D eigenvalue weighted by Crippen LogP contribution is -2.37. The number of halogens is 3. The molecule has 0 saturated carbocycles. The predicted molar refractivity (Wildman–Crippen MR) is 123 cm³/mol. The number of carbonyl (C=O) groups is 1. The fraction of sp³-hybridized carbons (Fsp3) is 0.231. The molecule has 0 bridgehead atoms. The number of H-pyrrole nitrogens is 1. The number of benzene rings is 3. The second kappa shape index (κ2) is 9.42. The molecule has 1 unspecified atom stereocenters. The summed E-state index contributed by atoms with van der Waals surface area (Å²) in [4.78, 5) is 11.3. The van der Waals surface area contributed by atoms with Gasteiger partial charge in [0.05, 0.1) is 23.9 Å². The number of aromatic nitrogens is 2. The molecule has 35 heavy (non-hydrogen) atoms. The Bertz CT molecular complexity index is 1330. The van der Waals surface area contributed by atoms with Gasteiger partial charge in [0.15, 0.2) is 5.60 Å². The third-order valence-electron chi connectivity index (χ3n) is 5.51. The first kappa shape index (κ1) is 24.3. The van der Waals surface area contributed by atoms with Gasteiger partial charge in [-0.3, -0.25) is 5.10 Å². The molecule has 182 valence electrons. The zero-order chi connectivity index (χ0) is 25.2. The van der Waals surface area contributed by atoms with Crippen LogP contribution in [0, 0.1) is 0 Å². The molecule has 4 aromatic rings. The third-order valence-corrected chi connectivity index (χ3v) is 5.51. The average Bonchev–Trinajstić information content (AvgIpc) is 3.27. The van der Waals surface area contributed by atoms with Crippen molar-refractivity contribution in [2.45, 2.75) is 38.3 Å². The van der Waals surface area contributed by atoms with E-state index in [1.54, 1.807) is 36.5 Å². The zero-order valence-corrected chi connectivity index (χ0v) is 19.0. The molecule has 1 heterocycles. The molecule has 0 aliphatic rings. The van der Waals surface area contributed by atoms with Crippen LogP contribution in [-0.2, 0) is 22.3 Å². The Morgan fingerprint density at radius 1 is 1.03 bits per heavy atom. The van der Waals surface area contributed by atoms with Crippen molar-refractivity contribution in [2.24, 2.45) is 0 Å². The molecule has 2 N–H and O–H groups in total. The van der Waals surface area contributed by atoms with Gasteiger partial charge in [0.2, 0.25) is 0 Å². The minimum atomic E-state index is -4.49. The first-order chi connectivity index (χ1) is 16.5. The number of nitrogens with zero attached hydrogens (tertiary/aromatic N) is 1. The Balaban J connectivity index is 1.64. The number of aliphatic carboxylic acids is 1. The van der Waals surface area contributed by atoms with Gasteiger partial charge in [0, 0.05) is 5.39 Å². The number of carboxylic acids is 1. The molecule has 0 spiro atoms. The molecule has 9 heteroatoms. The maximum Gasteiger partial charge on any atom is 0.416 e. The maximum absolute atomic E-state index is 13.4. The maximum atomic E-state index is 13.4. The van der Waals surface area contributed by atoms with Crippen LogP contribution in [0.4, 0.5) is 13.2 Å². The summed E-state index contributed by atoms with van der Waals surface area (Å²) < 4.78 is 51.8. The van der Waals surface area contributed by atoms with Gasteiger partial charge in [-0.25, -0.2) is 4.79 Å². The van der Waals surface area contributed by atoms with E-state index in [9.17, 15) is 23.1 Å². The van der Waals surface area contributed by atoms with Gasteiger partial charge in [-0.15, -0.1) is 0 Å². The van der Waals surface area contributed by atoms with Crippen molar-refractivity contribution in [1.82, 2.24) is 10.2 Å². The summed E-state index contributed by atoms with van der Waals surface area (Å²) in [7, 11) is 0. The minimum absolute atomic E-state index is 0.139. The highest BCUT2D eigenvalue weighted by Gasteiger charge is 2.32. The van der Waals surface area contributed by atoms with Crippen molar-refractivity contribution in [3.8, 4) is 5.75 Å². The molecular formula is C26H23F3N2O4. The number of alkyl halides is 3. The van der Waals surface area contributed by atoms with Crippen molar-refractivity contribution in [2.75, 3.05) is 0 Å². The van der Waals surface area contributed by atoms with Gasteiger partial charge in [0.25, 0.3) is 0 Å². The number of hydrogen-bond acceptors (Lipinski definition) is 4. The number of aromatic amines is 1. The van der Waals surface area contributed by atoms with Crippen LogP contribution in [0.25, 0.3) is 10.9 Å². The highest BCUT2D eigenvalue weighted by Crippen LogP contribution is 2.35. The molecule has 0 saturated heterocycles. The third kappa shape index (κ3) is 5.63. The Labute approximate surface area is 199 Å². The van der Waals surface area contributed by atoms with Crippen LogP contribution in [0.5, 0.6) is 5.75 Å². The van der Waals surface area contributed by atoms with Crippen LogP contribution >= 0.6 is 0 Å². The Hall–Kier alpha value is -3.85. The smallest absolute Gasteiger partial charge is 0.416 e. The van der Waals surface area contributed by atoms with E-state index >= 15 is 0 Å². The summed E-state index contributed by atoms with van der Waals surface area (Å²) >= 11 is 0. The van der Waals surface area contributed by atoms with Crippen LogP contribution in [0.2, 0.25) is 0 Å². The number of carboxylic acid groups (broad SMARTS) is 1. The number of hydrogen-bond donors (Lipinski definition) is 2. The fourth-order valence-electron chi connectivity index (χ4n) is 3.57. The van der Waals surface area contributed by atoms with Gasteiger partial charge in [-0.2, -0.15) is 18.3 Å². The van der Waals surface area contributed by atoms with E-state index in [0.29, 0.717) is 16.9 Å². The van der Waals surface area contributed by atoms with Crippen molar-refractivity contribution in [3.05, 3.63) is 95.2 Å². The summed E-state index contributed by atoms with van der Waals surface area (Å²) in [5.41, 5.74) is 0.357. The summed E-state index contributed by atoms with van der Waals surface area (Å²) in [5, 5.41) is 17.1. The number of rotatable bonds is 8. The lowest BCUT2D eigenvalue weighted by Gasteiger charge is -2.23. The van der Waals surface area contributed by atoms with E-state index in [4.69, 9.17) is 9.47 Å². The van der Waals surface area contributed by atoms with Crippen LogP contribution in [0.15, 0.2) is 72.9 Å². The molecule has 0 radical (unpaired) electrons. The highest BCUT2D eigenvalue weighted by atomic mass is 19.4. The SMILES string of the molecule is CC(C)(Oc1ccc(C(OCc2ccc3cn[nH]c3c2)c2cccc(C(F)(F)F)c2)cc1)C(=O)O. The van der Waals surface area contributed by atoms with Gasteiger partial charge < -0.3 is 14.6 Å². The molecular weight excluding hydrogens is 461 g/mol. The van der Waals surface area contributed by atoms with Crippen LogP contribution in [0.3, 0.4) is 0 Å². The Morgan fingerprint density at radius 3 is 2.46 bits per heavy atom. The van der Waals surface area contributed by atoms with E-state index in [1.807, 2.05) is 18.2 Å². The van der Waals surface area contributed by atoms with E-state index in [0.717, 1.165) is 28.6 Å². The second-order valence-corrected chi connectivity index (χ2v) is 8.59. The standard InChI is InChI=1S/C26H23F3N2O4/c1-25(2,24(32)33)35-21-10-8-17(9-11-21)23(18-4-3-5-20(13-18)26(27,28)29)34-15-16-6-7-19-14-30-31-22(19)12-16/h3-14,23H,15H2,1-2H3,(H,30,31)(H,32,33). The summed E-state index contributed by atoms with van der Waals surface area (Å²) in [6.07, 6.45) is -3.61. The monoisotopic (exact) mass is 484 g/mol. The van der Waals surface area contributed by atoms with Crippen LogP contribution in [0.1, 0.15) is 42.2 Å². The minimum Gasteiger partial charge on any atom is -0.478 e. The summed E-state index contributed by atoms with van der Waals surface area (Å²) in [6, 6.07) is 17.1. The summed E-state index contributed by atoms with van der Waals surface area (Å²) in [6.45, 7) is 2.99. The quantitative estimate of drug-likeness (QED) is 0.314. The van der Waals surface area contributed by atoms with E-state index in [-0.39, 0.29) is 6.61 Å². The zero-order valence-electron chi connectivity index (χ0n) is 19.0. The lowest BCUT2D eigenvalue weighted by molar-refractivity contribution is -0.152. The molecule has 0 aliphatic carbocycles. The number of ether oxygens (including phenoxy) is 2. The fourth-order valence-corrected chi connectivity index (χ4v) is 3.57. The average molecular weight is 484 g/mol. The van der Waals surface area contributed by atoms with Crippen molar-refractivity contribution in [1.29, 1.82) is 0 Å². The summed E-state index contributed by atoms with van der Waals surface area (Å²) in [5.74, 6) is -0.811. The molecule has 0 amide bonds. The molecule has 4 rings (SSSR count). The number of nitrogens with one attached hydrogen (secondary N) is 1. The molecule has 1 atom stereocenters. The molecule has 0 fully saturated rings. The largest absolute Gasteiger partial charge is 0.478 e. The van der Waals surface area contributed by atoms with Crippen LogP contribution in [-0.4, -0.2) is 26.9 Å². The molecule has 1 aromatic heterocycles. The molecule has 3 aromatic carbocycles. The first-order valence-electron chi connectivity index (χ1n) is 10.8. The highest BCUT2D eigenvalue weighted by molar-refractivity contribution is 5.78. The second-order valence-electron chi connectivity index (χ2n) is 8.59. The van der Waals surface area contributed by atoms with Gasteiger partial charge in [0.1, 0.15) is 11.9 Å². The first-order valence-corrected chi connectivity index (χ1v) is 10.8. The van der Waals surface area contributed by atoms with Gasteiger partial charge in [-0.1, -0.05) is 36.4 Å². The van der Waals surface area contributed by atoms with Crippen molar-refractivity contribution < 1.29 is 32.5 Å². The topological polar surface area (TPSA) is 84.4 Å².